The van der Waals surface area contributed by atoms with Crippen LogP contribution in [-0.2, 0) is 19.7 Å². The molecule has 2 rings (SSSR count). The first-order valence-corrected chi connectivity index (χ1v) is 8.71. The van der Waals surface area contributed by atoms with Crippen molar-refractivity contribution in [3.63, 3.8) is 0 Å². The monoisotopic (exact) mass is 348 g/mol. The van der Waals surface area contributed by atoms with E-state index in [1.807, 2.05) is 12.1 Å². The minimum absolute atomic E-state index is 0.0637. The molecule has 0 bridgehead atoms. The van der Waals surface area contributed by atoms with E-state index in [-0.39, 0.29) is 23.7 Å². The highest BCUT2D eigenvalue weighted by Crippen LogP contribution is 2.40. The lowest BCUT2D eigenvalue weighted by Crippen LogP contribution is -2.45. The molecule has 1 aliphatic heterocycles. The van der Waals surface area contributed by atoms with Crippen LogP contribution in [0.4, 0.5) is 0 Å². The largest absolute Gasteiger partial charge is 0.496 e. The van der Waals surface area contributed by atoms with E-state index in [0.717, 1.165) is 24.2 Å². The van der Waals surface area contributed by atoms with Gasteiger partial charge in [-0.2, -0.15) is 0 Å². The van der Waals surface area contributed by atoms with Crippen LogP contribution in [0.3, 0.4) is 0 Å². The minimum Gasteiger partial charge on any atom is -0.496 e. The molecule has 0 saturated carbocycles. The van der Waals surface area contributed by atoms with Gasteiger partial charge in [-0.15, -0.1) is 0 Å². The Hall–Kier alpha value is -2.08. The van der Waals surface area contributed by atoms with E-state index in [1.165, 1.54) is 12.5 Å². The summed E-state index contributed by atoms with van der Waals surface area (Å²) in [6.07, 6.45) is 1.94. The van der Waals surface area contributed by atoms with Crippen molar-refractivity contribution in [3.05, 3.63) is 29.3 Å². The zero-order chi connectivity index (χ0) is 18.3. The van der Waals surface area contributed by atoms with Gasteiger partial charge in [-0.3, -0.25) is 9.59 Å². The Balaban J connectivity index is 2.12. The number of hydrogen-bond donors (Lipinski definition) is 2. The van der Waals surface area contributed by atoms with Gasteiger partial charge in [-0.25, -0.2) is 0 Å². The number of rotatable bonds is 7. The summed E-state index contributed by atoms with van der Waals surface area (Å²) in [5, 5.41) is 5.68. The van der Waals surface area contributed by atoms with Crippen LogP contribution < -0.4 is 15.4 Å². The van der Waals surface area contributed by atoms with Gasteiger partial charge in [0, 0.05) is 50.6 Å². The average molecular weight is 348 g/mol. The number of methoxy groups -OCH3 is 1. The second-order valence-corrected chi connectivity index (χ2v) is 6.61. The van der Waals surface area contributed by atoms with Crippen LogP contribution in [0.2, 0.25) is 0 Å². The number of hydrogen-bond acceptors (Lipinski definition) is 4. The summed E-state index contributed by atoms with van der Waals surface area (Å²) < 4.78 is 11.1. The summed E-state index contributed by atoms with van der Waals surface area (Å²) in [5.41, 5.74) is 2.10. The van der Waals surface area contributed by atoms with Gasteiger partial charge in [-0.05, 0) is 25.8 Å². The molecule has 2 N–H and O–H groups in total. The van der Waals surface area contributed by atoms with Crippen LogP contribution >= 0.6 is 0 Å². The lowest BCUT2D eigenvalue weighted by molar-refractivity contribution is -0.122. The summed E-state index contributed by atoms with van der Waals surface area (Å²) in [6, 6.07) is 6.16. The summed E-state index contributed by atoms with van der Waals surface area (Å²) in [7, 11) is 1.67. The van der Waals surface area contributed by atoms with E-state index in [0.29, 0.717) is 26.3 Å². The molecule has 1 heterocycles. The molecule has 1 aromatic rings. The van der Waals surface area contributed by atoms with Gasteiger partial charge in [0.05, 0.1) is 7.11 Å². The third-order valence-corrected chi connectivity index (χ3v) is 4.73. The van der Waals surface area contributed by atoms with Gasteiger partial charge in [0.1, 0.15) is 5.75 Å². The molecule has 6 nitrogen and oxygen atoms in total. The van der Waals surface area contributed by atoms with Crippen molar-refractivity contribution >= 4 is 11.8 Å². The van der Waals surface area contributed by atoms with Crippen molar-refractivity contribution < 1.29 is 19.1 Å². The predicted octanol–water partition coefficient (Wildman–Crippen LogP) is 1.69. The number of amides is 2. The van der Waals surface area contributed by atoms with Crippen molar-refractivity contribution in [2.75, 3.05) is 33.4 Å². The van der Waals surface area contributed by atoms with Crippen molar-refractivity contribution in [2.24, 2.45) is 0 Å². The summed E-state index contributed by atoms with van der Waals surface area (Å²) in [5.74, 6) is 0.657. The molecule has 0 spiro atoms. The van der Waals surface area contributed by atoms with Crippen molar-refractivity contribution in [1.82, 2.24) is 10.6 Å². The lowest BCUT2D eigenvalue weighted by atomic mass is 9.73. The molecule has 25 heavy (non-hydrogen) atoms. The lowest BCUT2D eigenvalue weighted by Gasteiger charge is -2.38. The second kappa shape index (κ2) is 8.85. The first-order chi connectivity index (χ1) is 12.0. The second-order valence-electron chi connectivity index (χ2n) is 6.61. The first-order valence-electron chi connectivity index (χ1n) is 8.71. The average Bonchev–Trinajstić information content (AvgIpc) is 2.60. The van der Waals surface area contributed by atoms with Crippen LogP contribution in [0.15, 0.2) is 18.2 Å². The summed E-state index contributed by atoms with van der Waals surface area (Å²) in [6.45, 7) is 5.72. The number of carbonyl (C=O) groups is 2. The number of nitrogens with one attached hydrogen (secondary N) is 2. The topological polar surface area (TPSA) is 76.7 Å². The SMILES string of the molecule is COc1ccc(C)cc1C1(CNC(=O)CCNC(C)=O)CCOCC1. The Bertz CT molecular complexity index is 609. The van der Waals surface area contributed by atoms with E-state index >= 15 is 0 Å². The van der Waals surface area contributed by atoms with Gasteiger partial charge >= 0.3 is 0 Å². The number of ether oxygens (including phenoxy) is 2. The molecule has 1 aromatic carbocycles. The fraction of sp³-hybridized carbons (Fsp3) is 0.579. The Kier molecular flexibility index (Phi) is 6.82. The summed E-state index contributed by atoms with van der Waals surface area (Å²) >= 11 is 0. The molecular weight excluding hydrogens is 320 g/mol. The third kappa shape index (κ3) is 5.19. The van der Waals surface area contributed by atoms with Gasteiger partial charge in [0.2, 0.25) is 11.8 Å². The molecule has 0 radical (unpaired) electrons. The zero-order valence-electron chi connectivity index (χ0n) is 15.3. The van der Waals surface area contributed by atoms with E-state index in [4.69, 9.17) is 9.47 Å². The molecule has 1 fully saturated rings. The van der Waals surface area contributed by atoms with Crippen molar-refractivity contribution in [3.8, 4) is 5.75 Å². The van der Waals surface area contributed by atoms with Crippen LogP contribution in [0.25, 0.3) is 0 Å². The van der Waals surface area contributed by atoms with Crippen LogP contribution in [0.1, 0.15) is 37.3 Å². The van der Waals surface area contributed by atoms with Gasteiger partial charge in [0.15, 0.2) is 0 Å². The number of aryl methyl sites for hydroxylation is 1. The highest BCUT2D eigenvalue weighted by molar-refractivity contribution is 5.78. The van der Waals surface area contributed by atoms with Crippen LogP contribution in [0.5, 0.6) is 5.75 Å². The standard InChI is InChI=1S/C19H28N2O4/c1-14-4-5-17(24-3)16(12-14)19(7-10-25-11-8-19)13-21-18(23)6-9-20-15(2)22/h4-5,12H,6-11,13H2,1-3H3,(H,20,22)(H,21,23). The molecular formula is C19H28N2O4. The molecule has 1 aliphatic rings. The third-order valence-electron chi connectivity index (χ3n) is 4.73. The smallest absolute Gasteiger partial charge is 0.221 e. The maximum Gasteiger partial charge on any atom is 0.221 e. The normalized spacial score (nSPS) is 16.1. The first kappa shape index (κ1) is 19.2. The maximum atomic E-state index is 12.1. The molecule has 0 aromatic heterocycles. The van der Waals surface area contributed by atoms with E-state index < -0.39 is 0 Å². The Morgan fingerprint density at radius 2 is 1.96 bits per heavy atom. The molecule has 0 aliphatic carbocycles. The van der Waals surface area contributed by atoms with E-state index in [9.17, 15) is 9.59 Å². The van der Waals surface area contributed by atoms with Gasteiger partial charge in [-0.1, -0.05) is 17.7 Å². The summed E-state index contributed by atoms with van der Waals surface area (Å²) in [4.78, 5) is 23.0. The quantitative estimate of drug-likeness (QED) is 0.786. The highest BCUT2D eigenvalue weighted by Gasteiger charge is 2.37. The van der Waals surface area contributed by atoms with E-state index in [2.05, 4.69) is 23.6 Å². The molecule has 0 unspecified atom stereocenters. The molecule has 6 heteroatoms. The van der Waals surface area contributed by atoms with Crippen molar-refractivity contribution in [2.45, 2.75) is 38.5 Å². The zero-order valence-corrected chi connectivity index (χ0v) is 15.3. The molecule has 0 atom stereocenters. The predicted molar refractivity (Wildman–Crippen MR) is 95.8 cm³/mol. The van der Waals surface area contributed by atoms with E-state index in [1.54, 1.807) is 7.11 Å². The van der Waals surface area contributed by atoms with Gasteiger partial charge < -0.3 is 20.1 Å². The molecule has 2 amide bonds. The maximum absolute atomic E-state index is 12.1. The fourth-order valence-electron chi connectivity index (χ4n) is 3.25. The molecule has 1 saturated heterocycles. The molecule has 138 valence electrons. The van der Waals surface area contributed by atoms with Gasteiger partial charge in [0.25, 0.3) is 0 Å². The Morgan fingerprint density at radius 1 is 1.24 bits per heavy atom. The Morgan fingerprint density at radius 3 is 2.60 bits per heavy atom. The Labute approximate surface area is 149 Å². The highest BCUT2D eigenvalue weighted by atomic mass is 16.5. The fourth-order valence-corrected chi connectivity index (χ4v) is 3.25. The van der Waals surface area contributed by atoms with Crippen LogP contribution in [0, 0.1) is 6.92 Å². The number of carbonyl (C=O) groups excluding carboxylic acids is 2. The van der Waals surface area contributed by atoms with Crippen molar-refractivity contribution in [1.29, 1.82) is 0 Å². The number of benzene rings is 1. The van der Waals surface area contributed by atoms with Crippen LogP contribution in [-0.4, -0.2) is 45.2 Å². The minimum atomic E-state index is -0.195.